The van der Waals surface area contributed by atoms with Crippen molar-refractivity contribution in [1.82, 2.24) is 9.88 Å². The van der Waals surface area contributed by atoms with Crippen molar-refractivity contribution in [3.05, 3.63) is 58.4 Å². The quantitative estimate of drug-likeness (QED) is 0.613. The predicted octanol–water partition coefficient (Wildman–Crippen LogP) is 5.95. The Bertz CT molecular complexity index is 749. The zero-order chi connectivity index (χ0) is 19.4. The number of aryl methyl sites for hydroxylation is 1. The zero-order valence-electron chi connectivity index (χ0n) is 17.0. The molecule has 1 aromatic carbocycles. The average Bonchev–Trinajstić information content (AvgIpc) is 2.65. The third-order valence-electron chi connectivity index (χ3n) is 5.51. The van der Waals surface area contributed by atoms with E-state index in [0.717, 1.165) is 11.4 Å². The highest BCUT2D eigenvalue weighted by atomic mass is 35.5. The minimum atomic E-state index is -0.519. The molecule has 3 rings (SSSR count). The maximum atomic E-state index is 6.60. The molecule has 0 spiro atoms. The molecule has 0 radical (unpaired) electrons. The highest BCUT2D eigenvalue weighted by molar-refractivity contribution is 6.30. The third-order valence-corrected chi connectivity index (χ3v) is 5.73. The minimum Gasteiger partial charge on any atom is -0.481 e. The van der Waals surface area contributed by atoms with Crippen molar-refractivity contribution in [3.8, 4) is 5.75 Å². The van der Waals surface area contributed by atoms with Crippen LogP contribution in [0, 0.1) is 6.92 Å². The first-order valence-electron chi connectivity index (χ1n) is 10.0. The highest BCUT2D eigenvalue weighted by Crippen LogP contribution is 2.39. The predicted molar refractivity (Wildman–Crippen MR) is 113 cm³/mol. The van der Waals surface area contributed by atoms with Gasteiger partial charge in [0.25, 0.3) is 0 Å². The van der Waals surface area contributed by atoms with Crippen LogP contribution in [0.3, 0.4) is 0 Å². The van der Waals surface area contributed by atoms with Gasteiger partial charge in [0.2, 0.25) is 0 Å². The number of para-hydroxylation sites is 1. The van der Waals surface area contributed by atoms with Gasteiger partial charge in [0.05, 0.1) is 10.7 Å². The molecule has 3 nitrogen and oxygen atoms in total. The molecule has 0 atom stereocenters. The molecule has 4 heteroatoms. The molecule has 1 saturated heterocycles. The van der Waals surface area contributed by atoms with E-state index in [1.54, 1.807) is 6.20 Å². The van der Waals surface area contributed by atoms with Gasteiger partial charge in [0, 0.05) is 6.20 Å². The van der Waals surface area contributed by atoms with Gasteiger partial charge in [-0.15, -0.1) is 0 Å². The Labute approximate surface area is 168 Å². The summed E-state index contributed by atoms with van der Waals surface area (Å²) in [6, 6.07) is 10.4. The van der Waals surface area contributed by atoms with Gasteiger partial charge in [-0.1, -0.05) is 36.7 Å². The van der Waals surface area contributed by atoms with Crippen LogP contribution in [0.2, 0.25) is 5.02 Å². The lowest BCUT2D eigenvalue weighted by atomic mass is 9.87. The van der Waals surface area contributed by atoms with Crippen LogP contribution < -0.4 is 4.74 Å². The van der Waals surface area contributed by atoms with Gasteiger partial charge < -0.3 is 9.64 Å². The van der Waals surface area contributed by atoms with E-state index in [-0.39, 0.29) is 0 Å². The summed E-state index contributed by atoms with van der Waals surface area (Å²) in [4.78, 5) is 7.06. The fourth-order valence-corrected chi connectivity index (χ4v) is 4.07. The molecular weight excluding hydrogens is 356 g/mol. The van der Waals surface area contributed by atoms with Crippen molar-refractivity contribution < 1.29 is 4.74 Å². The number of hydrogen-bond acceptors (Lipinski definition) is 3. The van der Waals surface area contributed by atoms with Gasteiger partial charge in [0.1, 0.15) is 11.4 Å². The normalized spacial score (nSPS) is 16.5. The molecule has 1 aromatic heterocycles. The largest absolute Gasteiger partial charge is 0.481 e. The number of hydrogen-bond donors (Lipinski definition) is 0. The number of benzene rings is 1. The Hall–Kier alpha value is -1.58. The summed E-state index contributed by atoms with van der Waals surface area (Å²) in [5.74, 6) is 1.58. The molecule has 0 amide bonds. The fraction of sp³-hybridized carbons (Fsp3) is 0.522. The zero-order valence-corrected chi connectivity index (χ0v) is 17.7. The Balaban J connectivity index is 1.82. The SMILES string of the molecule is CCCN1CCC(c2cccc(C)c2OC(C)(C)c2ccc(Cl)cn2)CC1. The number of nitrogens with zero attached hydrogens (tertiary/aromatic N) is 2. The maximum Gasteiger partial charge on any atom is 0.145 e. The highest BCUT2D eigenvalue weighted by Gasteiger charge is 2.29. The number of piperidine rings is 1. The lowest BCUT2D eigenvalue weighted by molar-refractivity contribution is 0.0995. The van der Waals surface area contributed by atoms with E-state index in [1.165, 1.54) is 50.0 Å². The van der Waals surface area contributed by atoms with Crippen LogP contribution in [0.25, 0.3) is 0 Å². The summed E-state index contributed by atoms with van der Waals surface area (Å²) < 4.78 is 6.60. The number of pyridine rings is 1. The van der Waals surface area contributed by atoms with Gasteiger partial charge in [-0.05, 0) is 88.8 Å². The fourth-order valence-electron chi connectivity index (χ4n) is 3.96. The van der Waals surface area contributed by atoms with E-state index in [0.29, 0.717) is 10.9 Å². The van der Waals surface area contributed by atoms with E-state index in [9.17, 15) is 0 Å². The first kappa shape index (κ1) is 20.2. The van der Waals surface area contributed by atoms with Crippen molar-refractivity contribution in [2.45, 2.75) is 58.5 Å². The van der Waals surface area contributed by atoms with Gasteiger partial charge >= 0.3 is 0 Å². The van der Waals surface area contributed by atoms with Crippen LogP contribution in [0.15, 0.2) is 36.5 Å². The summed E-state index contributed by atoms with van der Waals surface area (Å²) in [7, 11) is 0. The van der Waals surface area contributed by atoms with Crippen molar-refractivity contribution in [1.29, 1.82) is 0 Å². The molecule has 2 heterocycles. The topological polar surface area (TPSA) is 25.4 Å². The molecule has 146 valence electrons. The molecule has 1 aliphatic heterocycles. The van der Waals surface area contributed by atoms with E-state index < -0.39 is 5.60 Å². The standard InChI is InChI=1S/C23H31ClN2O/c1-5-13-26-14-11-18(12-15-26)20-8-6-7-17(2)22(20)27-23(3,4)21-10-9-19(24)16-25-21/h6-10,16,18H,5,11-15H2,1-4H3. The minimum absolute atomic E-state index is 0.519. The first-order valence-corrected chi connectivity index (χ1v) is 10.4. The van der Waals surface area contributed by atoms with Crippen LogP contribution in [0.1, 0.15) is 62.8 Å². The molecule has 2 aromatic rings. The number of aromatic nitrogens is 1. The first-order chi connectivity index (χ1) is 12.9. The summed E-state index contributed by atoms with van der Waals surface area (Å²) >= 11 is 6.00. The molecular formula is C23H31ClN2O. The maximum absolute atomic E-state index is 6.60. The van der Waals surface area contributed by atoms with Crippen molar-refractivity contribution in [3.63, 3.8) is 0 Å². The van der Waals surface area contributed by atoms with Gasteiger partial charge in [-0.3, -0.25) is 4.98 Å². The van der Waals surface area contributed by atoms with Crippen LogP contribution in [-0.2, 0) is 5.60 Å². The molecule has 27 heavy (non-hydrogen) atoms. The van der Waals surface area contributed by atoms with Crippen molar-refractivity contribution in [2.24, 2.45) is 0 Å². The van der Waals surface area contributed by atoms with Gasteiger partial charge in [0.15, 0.2) is 0 Å². The second-order valence-corrected chi connectivity index (χ2v) is 8.52. The Kier molecular flexibility index (Phi) is 6.44. The Morgan fingerprint density at radius 2 is 1.93 bits per heavy atom. The summed E-state index contributed by atoms with van der Waals surface area (Å²) in [5.41, 5.74) is 2.89. The lowest BCUT2D eigenvalue weighted by Gasteiger charge is -2.34. The second kappa shape index (κ2) is 8.62. The summed E-state index contributed by atoms with van der Waals surface area (Å²) in [5, 5.41) is 0.643. The number of likely N-dealkylation sites (tertiary alicyclic amines) is 1. The number of rotatable bonds is 6. The molecule has 0 aliphatic carbocycles. The van der Waals surface area contributed by atoms with E-state index in [2.05, 4.69) is 55.8 Å². The Morgan fingerprint density at radius 1 is 1.19 bits per heavy atom. The lowest BCUT2D eigenvalue weighted by Crippen LogP contribution is -2.34. The Morgan fingerprint density at radius 3 is 2.56 bits per heavy atom. The number of halogens is 1. The molecule has 0 bridgehead atoms. The van der Waals surface area contributed by atoms with Gasteiger partial charge in [-0.2, -0.15) is 0 Å². The molecule has 0 unspecified atom stereocenters. The molecule has 0 N–H and O–H groups in total. The van der Waals surface area contributed by atoms with Crippen LogP contribution >= 0.6 is 11.6 Å². The third kappa shape index (κ3) is 4.83. The van der Waals surface area contributed by atoms with Gasteiger partial charge in [-0.25, -0.2) is 0 Å². The molecule has 1 fully saturated rings. The van der Waals surface area contributed by atoms with E-state index >= 15 is 0 Å². The second-order valence-electron chi connectivity index (χ2n) is 8.08. The summed E-state index contributed by atoms with van der Waals surface area (Å²) in [6.45, 7) is 12.1. The van der Waals surface area contributed by atoms with E-state index in [4.69, 9.17) is 16.3 Å². The average molecular weight is 387 g/mol. The van der Waals surface area contributed by atoms with Crippen molar-refractivity contribution in [2.75, 3.05) is 19.6 Å². The van der Waals surface area contributed by atoms with Crippen LogP contribution in [0.5, 0.6) is 5.75 Å². The molecule has 0 saturated carbocycles. The molecule has 1 aliphatic rings. The smallest absolute Gasteiger partial charge is 0.145 e. The van der Waals surface area contributed by atoms with Crippen LogP contribution in [0.4, 0.5) is 0 Å². The number of ether oxygens (including phenoxy) is 1. The van der Waals surface area contributed by atoms with Crippen LogP contribution in [-0.4, -0.2) is 29.5 Å². The van der Waals surface area contributed by atoms with E-state index in [1.807, 2.05) is 12.1 Å². The summed E-state index contributed by atoms with van der Waals surface area (Å²) in [6.07, 6.45) is 5.30. The van der Waals surface area contributed by atoms with Crippen molar-refractivity contribution >= 4 is 11.6 Å². The monoisotopic (exact) mass is 386 g/mol.